The first-order chi connectivity index (χ1) is 9.78. The highest BCUT2D eigenvalue weighted by Crippen LogP contribution is 2.34. The molecule has 3 atom stereocenters. The molecule has 1 saturated heterocycles. The first-order valence-electron chi connectivity index (χ1n) is 7.78. The monoisotopic (exact) mass is 269 g/mol. The summed E-state index contributed by atoms with van der Waals surface area (Å²) in [6, 6.07) is 9.40. The van der Waals surface area contributed by atoms with Crippen LogP contribution in [-0.4, -0.2) is 18.6 Å². The third-order valence-electron chi connectivity index (χ3n) is 4.89. The van der Waals surface area contributed by atoms with Gasteiger partial charge in [-0.3, -0.25) is 0 Å². The van der Waals surface area contributed by atoms with E-state index in [9.17, 15) is 0 Å². The molecule has 0 aromatic heterocycles. The van der Waals surface area contributed by atoms with E-state index >= 15 is 0 Å². The number of aryl methyl sites for hydroxylation is 1. The molecule has 1 saturated carbocycles. The highest BCUT2D eigenvalue weighted by atomic mass is 15.0. The third kappa shape index (κ3) is 2.66. The fraction of sp³-hybridized carbons (Fsp3) is 0.588. The van der Waals surface area contributed by atoms with Gasteiger partial charge in [0, 0.05) is 17.8 Å². The SMILES string of the molecule is Cc1ccc(C#N)cc1NC1CCCC1C1CCCN1. The summed E-state index contributed by atoms with van der Waals surface area (Å²) in [6.45, 7) is 3.29. The number of hydrogen-bond donors (Lipinski definition) is 2. The van der Waals surface area contributed by atoms with Crippen molar-refractivity contribution in [1.29, 1.82) is 5.26 Å². The molecule has 3 heteroatoms. The van der Waals surface area contributed by atoms with Gasteiger partial charge in [-0.1, -0.05) is 12.5 Å². The van der Waals surface area contributed by atoms with Gasteiger partial charge in [-0.05, 0) is 62.8 Å². The van der Waals surface area contributed by atoms with Crippen molar-refractivity contribution in [2.45, 2.75) is 51.1 Å². The van der Waals surface area contributed by atoms with E-state index < -0.39 is 0 Å². The number of anilines is 1. The molecular formula is C17H23N3. The highest BCUT2D eigenvalue weighted by molar-refractivity contribution is 5.55. The highest BCUT2D eigenvalue weighted by Gasteiger charge is 2.34. The van der Waals surface area contributed by atoms with Crippen molar-refractivity contribution in [3.63, 3.8) is 0 Å². The average molecular weight is 269 g/mol. The quantitative estimate of drug-likeness (QED) is 0.886. The van der Waals surface area contributed by atoms with Gasteiger partial charge in [-0.2, -0.15) is 5.26 Å². The molecule has 2 N–H and O–H groups in total. The summed E-state index contributed by atoms with van der Waals surface area (Å²) in [4.78, 5) is 0. The van der Waals surface area contributed by atoms with Crippen LogP contribution in [0.1, 0.15) is 43.2 Å². The van der Waals surface area contributed by atoms with Crippen LogP contribution in [0.25, 0.3) is 0 Å². The second-order valence-electron chi connectivity index (χ2n) is 6.19. The third-order valence-corrected chi connectivity index (χ3v) is 4.89. The van der Waals surface area contributed by atoms with Crippen LogP contribution in [0.5, 0.6) is 0 Å². The molecule has 1 heterocycles. The van der Waals surface area contributed by atoms with E-state index in [1.54, 1.807) is 0 Å². The molecule has 2 aliphatic rings. The lowest BCUT2D eigenvalue weighted by Gasteiger charge is -2.28. The lowest BCUT2D eigenvalue weighted by Crippen LogP contribution is -2.38. The Morgan fingerprint density at radius 2 is 2.15 bits per heavy atom. The van der Waals surface area contributed by atoms with Gasteiger partial charge in [-0.25, -0.2) is 0 Å². The minimum absolute atomic E-state index is 0.554. The van der Waals surface area contributed by atoms with E-state index in [0.717, 1.165) is 17.2 Å². The molecule has 1 aliphatic heterocycles. The van der Waals surface area contributed by atoms with Crippen LogP contribution in [0.3, 0.4) is 0 Å². The fourth-order valence-corrected chi connectivity index (χ4v) is 3.77. The van der Waals surface area contributed by atoms with Crippen LogP contribution in [-0.2, 0) is 0 Å². The molecule has 2 fully saturated rings. The predicted molar refractivity (Wildman–Crippen MR) is 81.7 cm³/mol. The number of nitriles is 1. The maximum Gasteiger partial charge on any atom is 0.0992 e. The minimum Gasteiger partial charge on any atom is -0.382 e. The predicted octanol–water partition coefficient (Wildman–Crippen LogP) is 3.20. The maximum atomic E-state index is 9.05. The Morgan fingerprint density at radius 3 is 2.90 bits per heavy atom. The van der Waals surface area contributed by atoms with Gasteiger partial charge in [0.15, 0.2) is 0 Å². The molecule has 1 aromatic rings. The Bertz CT molecular complexity index is 511. The van der Waals surface area contributed by atoms with Crippen LogP contribution < -0.4 is 10.6 Å². The molecule has 20 heavy (non-hydrogen) atoms. The van der Waals surface area contributed by atoms with Crippen molar-refractivity contribution >= 4 is 5.69 Å². The first-order valence-corrected chi connectivity index (χ1v) is 7.78. The van der Waals surface area contributed by atoms with Gasteiger partial charge in [0.25, 0.3) is 0 Å². The molecule has 1 aliphatic carbocycles. The Kier molecular flexibility index (Phi) is 3.93. The van der Waals surface area contributed by atoms with Gasteiger partial charge < -0.3 is 10.6 Å². The molecule has 0 bridgehead atoms. The van der Waals surface area contributed by atoms with Crippen molar-refractivity contribution in [2.75, 3.05) is 11.9 Å². The molecule has 0 spiro atoms. The normalized spacial score (nSPS) is 29.3. The topological polar surface area (TPSA) is 47.9 Å². The Hall–Kier alpha value is -1.53. The van der Waals surface area contributed by atoms with E-state index in [2.05, 4.69) is 23.6 Å². The first kappa shape index (κ1) is 13.5. The molecule has 3 unspecified atom stereocenters. The summed E-state index contributed by atoms with van der Waals surface area (Å²) in [5.74, 6) is 0.739. The molecule has 3 rings (SSSR count). The van der Waals surface area contributed by atoms with Crippen LogP contribution in [0.4, 0.5) is 5.69 Å². The zero-order valence-corrected chi connectivity index (χ0v) is 12.2. The minimum atomic E-state index is 0.554. The van der Waals surface area contributed by atoms with Crippen molar-refractivity contribution in [1.82, 2.24) is 5.32 Å². The molecule has 106 valence electrons. The van der Waals surface area contributed by atoms with Gasteiger partial charge in [0.2, 0.25) is 0 Å². The van der Waals surface area contributed by atoms with Gasteiger partial charge in [0.05, 0.1) is 11.6 Å². The van der Waals surface area contributed by atoms with Gasteiger partial charge in [0.1, 0.15) is 0 Å². The van der Waals surface area contributed by atoms with Crippen LogP contribution in [0.2, 0.25) is 0 Å². The number of nitrogens with one attached hydrogen (secondary N) is 2. The van der Waals surface area contributed by atoms with Crippen molar-refractivity contribution in [3.05, 3.63) is 29.3 Å². The standard InChI is InChI=1S/C17H23N3/c1-12-7-8-13(11-18)10-17(12)20-16-5-2-4-14(16)15-6-3-9-19-15/h7-8,10,14-16,19-20H,2-6,9H2,1H3. The number of nitrogens with zero attached hydrogens (tertiary/aromatic N) is 1. The second kappa shape index (κ2) is 5.85. The van der Waals surface area contributed by atoms with E-state index in [0.29, 0.717) is 12.1 Å². The summed E-state index contributed by atoms with van der Waals surface area (Å²) < 4.78 is 0. The molecular weight excluding hydrogens is 246 g/mol. The largest absolute Gasteiger partial charge is 0.382 e. The summed E-state index contributed by atoms with van der Waals surface area (Å²) in [5, 5.41) is 16.4. The summed E-state index contributed by atoms with van der Waals surface area (Å²) in [7, 11) is 0. The Morgan fingerprint density at radius 1 is 1.25 bits per heavy atom. The lowest BCUT2D eigenvalue weighted by atomic mass is 9.92. The molecule has 0 amide bonds. The van der Waals surface area contributed by atoms with Crippen LogP contribution in [0.15, 0.2) is 18.2 Å². The second-order valence-corrected chi connectivity index (χ2v) is 6.19. The lowest BCUT2D eigenvalue weighted by molar-refractivity contribution is 0.376. The number of benzene rings is 1. The Balaban J connectivity index is 1.74. The molecule has 1 aromatic carbocycles. The van der Waals surface area contributed by atoms with Gasteiger partial charge in [-0.15, -0.1) is 0 Å². The van der Waals surface area contributed by atoms with Crippen molar-refractivity contribution in [2.24, 2.45) is 5.92 Å². The van der Waals surface area contributed by atoms with Crippen LogP contribution >= 0.6 is 0 Å². The smallest absolute Gasteiger partial charge is 0.0992 e. The van der Waals surface area contributed by atoms with Crippen molar-refractivity contribution in [3.8, 4) is 6.07 Å². The summed E-state index contributed by atoms with van der Waals surface area (Å²) in [5.41, 5.74) is 3.11. The fourth-order valence-electron chi connectivity index (χ4n) is 3.77. The van der Waals surface area contributed by atoms with Gasteiger partial charge >= 0.3 is 0 Å². The van der Waals surface area contributed by atoms with E-state index in [4.69, 9.17) is 5.26 Å². The van der Waals surface area contributed by atoms with E-state index in [-0.39, 0.29) is 0 Å². The van der Waals surface area contributed by atoms with E-state index in [1.807, 2.05) is 18.2 Å². The molecule has 3 nitrogen and oxygen atoms in total. The van der Waals surface area contributed by atoms with Crippen molar-refractivity contribution < 1.29 is 0 Å². The zero-order chi connectivity index (χ0) is 13.9. The van der Waals surface area contributed by atoms with E-state index in [1.165, 1.54) is 44.2 Å². The Labute approximate surface area is 121 Å². The summed E-state index contributed by atoms with van der Waals surface area (Å²) >= 11 is 0. The zero-order valence-electron chi connectivity index (χ0n) is 12.2. The molecule has 0 radical (unpaired) electrons. The summed E-state index contributed by atoms with van der Waals surface area (Å²) in [6.07, 6.45) is 6.53. The maximum absolute atomic E-state index is 9.05. The van der Waals surface area contributed by atoms with Crippen LogP contribution in [0, 0.1) is 24.2 Å². The average Bonchev–Trinajstić information content (AvgIpc) is 3.11. The number of rotatable bonds is 3. The number of hydrogen-bond acceptors (Lipinski definition) is 3.